The molecular weight excluding hydrogens is 521 g/mol. The zero-order chi connectivity index (χ0) is 26.2. The van der Waals surface area contributed by atoms with E-state index in [1.165, 1.54) is 0 Å². The number of halogens is 19. The molecule has 3 atom stereocenters. The van der Waals surface area contributed by atoms with E-state index in [1.807, 2.05) is 0 Å². The van der Waals surface area contributed by atoms with Gasteiger partial charge in [0.15, 0.2) is 0 Å². The van der Waals surface area contributed by atoms with Crippen LogP contribution in [0.5, 0.6) is 0 Å². The summed E-state index contributed by atoms with van der Waals surface area (Å²) >= 11 is 0. The third-order valence-corrected chi connectivity index (χ3v) is 5.24. The Kier molecular flexibility index (Phi) is 4.74. The first-order chi connectivity index (χ1) is 13.5. The predicted octanol–water partition coefficient (Wildman–Crippen LogP) is 5.56. The molecule has 0 radical (unpaired) electrons. The molecule has 2 fully saturated rings. The van der Waals surface area contributed by atoms with E-state index in [4.69, 9.17) is 5.11 Å². The third-order valence-electron chi connectivity index (χ3n) is 5.24. The Labute approximate surface area is 161 Å². The average molecular weight is 524 g/mol. The normalized spacial score (nSPS) is 42.8. The Morgan fingerprint density at radius 2 is 0.656 bits per heavy atom. The molecule has 1 nitrogen and oxygen atoms in total. The summed E-state index contributed by atoms with van der Waals surface area (Å²) in [5.41, 5.74) is -25.4. The topological polar surface area (TPSA) is 20.2 Å². The molecule has 20 heteroatoms. The number of rotatable bonds is 2. The number of hydrogen-bond acceptors (Lipinski definition) is 1. The van der Waals surface area contributed by atoms with Crippen molar-refractivity contribution in [2.45, 2.75) is 71.0 Å². The average Bonchev–Trinajstić information content (AvgIpc) is 2.55. The van der Waals surface area contributed by atoms with Crippen LogP contribution in [0, 0.1) is 0 Å². The Morgan fingerprint density at radius 3 is 0.938 bits per heavy atom. The molecule has 0 aromatic carbocycles. The summed E-state index contributed by atoms with van der Waals surface area (Å²) < 4.78 is 261. The molecule has 0 saturated heterocycles. The van der Waals surface area contributed by atoms with Crippen LogP contribution in [0.2, 0.25) is 0 Å². The summed E-state index contributed by atoms with van der Waals surface area (Å²) in [5.74, 6) is -59.0. The summed E-state index contributed by atoms with van der Waals surface area (Å²) in [6.07, 6.45) is -11.4. The standard InChI is InChI=1S/C12H3F19O/c13-2(1-3(14,15)32)4(16)5(17,8(22,23)10(26,27)6(2,18)19)9(24,25)12(30,31)11(28,29)7(4,20)21/h32H,1H2. The van der Waals surface area contributed by atoms with Crippen molar-refractivity contribution in [1.82, 2.24) is 0 Å². The minimum absolute atomic E-state index is 4.77. The molecule has 0 aromatic heterocycles. The molecule has 190 valence electrons. The molecule has 0 spiro atoms. The van der Waals surface area contributed by atoms with E-state index in [0.29, 0.717) is 0 Å². The van der Waals surface area contributed by atoms with E-state index in [-0.39, 0.29) is 0 Å². The van der Waals surface area contributed by atoms with E-state index < -0.39 is 71.0 Å². The van der Waals surface area contributed by atoms with Gasteiger partial charge in [0.2, 0.25) is 5.67 Å². The van der Waals surface area contributed by atoms with Gasteiger partial charge in [0.25, 0.3) is 11.3 Å². The Balaban J connectivity index is 3.29. The fourth-order valence-corrected chi connectivity index (χ4v) is 3.60. The molecule has 2 rings (SSSR count). The fourth-order valence-electron chi connectivity index (χ4n) is 3.60. The maximum absolute atomic E-state index is 14.9. The van der Waals surface area contributed by atoms with Gasteiger partial charge in [0.1, 0.15) is 0 Å². The zero-order valence-corrected chi connectivity index (χ0v) is 13.8. The van der Waals surface area contributed by atoms with Crippen molar-refractivity contribution >= 4 is 0 Å². The van der Waals surface area contributed by atoms with Crippen LogP contribution in [0.15, 0.2) is 0 Å². The lowest BCUT2D eigenvalue weighted by molar-refractivity contribution is -0.550. The van der Waals surface area contributed by atoms with Gasteiger partial charge in [0, 0.05) is 0 Å². The minimum Gasteiger partial charge on any atom is -0.336 e. The Bertz CT molecular complexity index is 802. The predicted molar refractivity (Wildman–Crippen MR) is 57.9 cm³/mol. The number of alkyl halides is 19. The highest BCUT2D eigenvalue weighted by molar-refractivity contribution is 5.44. The molecule has 0 aliphatic heterocycles. The molecule has 0 aromatic rings. The molecular formula is C12H3F19O. The first-order valence-electron chi connectivity index (χ1n) is 7.27. The van der Waals surface area contributed by atoms with Gasteiger partial charge in [-0.2, -0.15) is 70.2 Å². The molecule has 0 bridgehead atoms. The maximum Gasteiger partial charge on any atom is 0.382 e. The maximum atomic E-state index is 14.9. The Hall–Kier alpha value is -1.37. The third kappa shape index (κ3) is 2.04. The molecule has 2 aliphatic carbocycles. The van der Waals surface area contributed by atoms with Crippen molar-refractivity contribution in [3.05, 3.63) is 0 Å². The van der Waals surface area contributed by atoms with Crippen molar-refractivity contribution in [3.8, 4) is 0 Å². The van der Waals surface area contributed by atoms with Crippen LogP contribution in [-0.4, -0.2) is 69.7 Å². The van der Waals surface area contributed by atoms with Crippen molar-refractivity contribution < 1.29 is 88.5 Å². The summed E-state index contributed by atoms with van der Waals surface area (Å²) in [4.78, 5) is 0. The molecule has 1 N–H and O–H groups in total. The first-order valence-corrected chi connectivity index (χ1v) is 7.27. The molecule has 0 heterocycles. The van der Waals surface area contributed by atoms with Crippen LogP contribution in [0.4, 0.5) is 83.4 Å². The lowest BCUT2D eigenvalue weighted by Gasteiger charge is -2.65. The second-order valence-corrected chi connectivity index (χ2v) is 6.98. The first kappa shape index (κ1) is 26.9. The summed E-state index contributed by atoms with van der Waals surface area (Å²) in [6.45, 7) is 0. The number of fused-ring (bicyclic) bond motifs is 1. The van der Waals surface area contributed by atoms with Crippen LogP contribution in [0.25, 0.3) is 0 Å². The molecule has 2 saturated carbocycles. The summed E-state index contributed by atoms with van der Waals surface area (Å²) in [6, 6.07) is 0. The lowest BCUT2D eigenvalue weighted by atomic mass is 9.50. The number of aliphatic hydroxyl groups is 1. The molecule has 0 amide bonds. The Morgan fingerprint density at radius 1 is 0.406 bits per heavy atom. The lowest BCUT2D eigenvalue weighted by Crippen LogP contribution is -2.99. The minimum atomic E-state index is -8.74. The van der Waals surface area contributed by atoms with Crippen LogP contribution in [-0.2, 0) is 0 Å². The van der Waals surface area contributed by atoms with Gasteiger partial charge >= 0.3 is 47.6 Å². The van der Waals surface area contributed by atoms with Crippen molar-refractivity contribution in [1.29, 1.82) is 0 Å². The van der Waals surface area contributed by atoms with Gasteiger partial charge in [-0.25, -0.2) is 13.2 Å². The van der Waals surface area contributed by atoms with E-state index in [1.54, 1.807) is 0 Å². The quantitative estimate of drug-likeness (QED) is 0.470. The zero-order valence-electron chi connectivity index (χ0n) is 13.8. The molecule has 32 heavy (non-hydrogen) atoms. The molecule has 2 aliphatic rings. The SMILES string of the molecule is OC(F)(F)CC1(F)C(F)(F)C(F)(F)C(F)(F)C2(F)C(F)(F)C(F)(F)C(F)(F)C(F)(F)C12F. The summed E-state index contributed by atoms with van der Waals surface area (Å²) in [5, 5.41) is 7.99. The van der Waals surface area contributed by atoms with Crippen molar-refractivity contribution in [2.75, 3.05) is 0 Å². The van der Waals surface area contributed by atoms with Gasteiger partial charge in [-0.05, 0) is 0 Å². The van der Waals surface area contributed by atoms with Crippen LogP contribution in [0.3, 0.4) is 0 Å². The van der Waals surface area contributed by atoms with Gasteiger partial charge in [0.05, 0.1) is 6.42 Å². The highest BCUT2D eigenvalue weighted by Crippen LogP contribution is 2.81. The van der Waals surface area contributed by atoms with Crippen LogP contribution in [0.1, 0.15) is 6.42 Å². The van der Waals surface area contributed by atoms with Crippen LogP contribution >= 0.6 is 0 Å². The van der Waals surface area contributed by atoms with Gasteiger partial charge in [-0.15, -0.1) is 0 Å². The molecule has 3 unspecified atom stereocenters. The van der Waals surface area contributed by atoms with Crippen molar-refractivity contribution in [2.24, 2.45) is 0 Å². The highest BCUT2D eigenvalue weighted by Gasteiger charge is 3.14. The van der Waals surface area contributed by atoms with Crippen LogP contribution < -0.4 is 0 Å². The monoisotopic (exact) mass is 524 g/mol. The van der Waals surface area contributed by atoms with Gasteiger partial charge in [-0.1, -0.05) is 0 Å². The van der Waals surface area contributed by atoms with E-state index in [0.717, 1.165) is 0 Å². The highest BCUT2D eigenvalue weighted by atomic mass is 19.4. The van der Waals surface area contributed by atoms with E-state index >= 15 is 0 Å². The fraction of sp³-hybridized carbons (Fsp3) is 1.00. The van der Waals surface area contributed by atoms with E-state index in [2.05, 4.69) is 0 Å². The smallest absolute Gasteiger partial charge is 0.336 e. The summed E-state index contributed by atoms with van der Waals surface area (Å²) in [7, 11) is 0. The second-order valence-electron chi connectivity index (χ2n) is 6.98. The van der Waals surface area contributed by atoms with Gasteiger partial charge in [-0.3, -0.25) is 0 Å². The number of hydrogen-bond donors (Lipinski definition) is 1. The van der Waals surface area contributed by atoms with Gasteiger partial charge < -0.3 is 5.11 Å². The largest absolute Gasteiger partial charge is 0.382 e. The van der Waals surface area contributed by atoms with E-state index in [9.17, 15) is 83.4 Å². The van der Waals surface area contributed by atoms with Crippen molar-refractivity contribution in [3.63, 3.8) is 0 Å². The second kappa shape index (κ2) is 5.64.